The number of hydrogen-bond acceptors (Lipinski definition) is 4. The quantitative estimate of drug-likeness (QED) is 0.641. The van der Waals surface area contributed by atoms with E-state index in [-0.39, 0.29) is 0 Å². The summed E-state index contributed by atoms with van der Waals surface area (Å²) in [6.45, 7) is 1.01. The first kappa shape index (κ1) is 7.81. The molecule has 11 heavy (non-hydrogen) atoms. The van der Waals surface area contributed by atoms with Crippen molar-refractivity contribution in [3.8, 4) is 5.75 Å². The Morgan fingerprint density at radius 2 is 2.36 bits per heavy atom. The molecule has 0 atom stereocenters. The molecule has 0 radical (unpaired) electrons. The molecule has 0 fully saturated rings. The number of hydrogen-bond donors (Lipinski definition) is 2. The van der Waals surface area contributed by atoms with Crippen LogP contribution in [0.5, 0.6) is 5.75 Å². The third-order valence-corrected chi connectivity index (χ3v) is 1.14. The number of aromatic nitrogens is 1. The van der Waals surface area contributed by atoms with Gasteiger partial charge in [0.1, 0.15) is 18.2 Å². The second-order valence-corrected chi connectivity index (χ2v) is 2.05. The average molecular weight is 153 g/mol. The van der Waals surface area contributed by atoms with Crippen molar-refractivity contribution < 1.29 is 4.74 Å². The van der Waals surface area contributed by atoms with Gasteiger partial charge in [-0.25, -0.2) is 4.98 Å². The van der Waals surface area contributed by atoms with E-state index in [9.17, 15) is 0 Å². The highest BCUT2D eigenvalue weighted by Gasteiger charge is 1.92. The first-order valence-corrected chi connectivity index (χ1v) is 3.37. The minimum atomic E-state index is 0.458. The van der Waals surface area contributed by atoms with Crippen molar-refractivity contribution in [1.29, 1.82) is 0 Å². The SMILES string of the molecule is NCCOc1ccnc(N)c1. The zero-order valence-electron chi connectivity index (χ0n) is 6.16. The van der Waals surface area contributed by atoms with Gasteiger partial charge in [-0.05, 0) is 6.07 Å². The van der Waals surface area contributed by atoms with Gasteiger partial charge in [0.2, 0.25) is 0 Å². The van der Waals surface area contributed by atoms with Gasteiger partial charge in [-0.15, -0.1) is 0 Å². The van der Waals surface area contributed by atoms with Gasteiger partial charge in [-0.3, -0.25) is 0 Å². The lowest BCUT2D eigenvalue weighted by Crippen LogP contribution is -2.10. The fourth-order valence-corrected chi connectivity index (χ4v) is 0.694. The van der Waals surface area contributed by atoms with E-state index < -0.39 is 0 Å². The highest BCUT2D eigenvalue weighted by molar-refractivity contribution is 5.35. The highest BCUT2D eigenvalue weighted by atomic mass is 16.5. The maximum Gasteiger partial charge on any atom is 0.126 e. The molecule has 0 bridgehead atoms. The molecule has 0 aliphatic carbocycles. The van der Waals surface area contributed by atoms with Crippen LogP contribution in [0.15, 0.2) is 18.3 Å². The molecule has 0 spiro atoms. The Balaban J connectivity index is 2.56. The first-order chi connectivity index (χ1) is 5.33. The number of anilines is 1. The molecule has 4 N–H and O–H groups in total. The number of nitrogens with two attached hydrogens (primary N) is 2. The van der Waals surface area contributed by atoms with E-state index >= 15 is 0 Å². The molecule has 1 aromatic heterocycles. The Hall–Kier alpha value is -1.29. The topological polar surface area (TPSA) is 74.2 Å². The van der Waals surface area contributed by atoms with Crippen LogP contribution in [0, 0.1) is 0 Å². The molecule has 0 saturated heterocycles. The van der Waals surface area contributed by atoms with Gasteiger partial charge < -0.3 is 16.2 Å². The number of ether oxygens (including phenoxy) is 1. The molecule has 60 valence electrons. The Morgan fingerprint density at radius 1 is 1.55 bits per heavy atom. The van der Waals surface area contributed by atoms with Crippen LogP contribution in [-0.2, 0) is 0 Å². The van der Waals surface area contributed by atoms with Crippen molar-refractivity contribution in [2.24, 2.45) is 5.73 Å². The molecule has 0 unspecified atom stereocenters. The molecule has 0 aliphatic rings. The van der Waals surface area contributed by atoms with Crippen molar-refractivity contribution in [3.63, 3.8) is 0 Å². The number of nitrogen functional groups attached to an aromatic ring is 1. The Morgan fingerprint density at radius 3 is 3.00 bits per heavy atom. The van der Waals surface area contributed by atoms with Crippen molar-refractivity contribution >= 4 is 5.82 Å². The molecule has 4 nitrogen and oxygen atoms in total. The number of rotatable bonds is 3. The molecule has 1 aromatic rings. The summed E-state index contributed by atoms with van der Waals surface area (Å²) in [6.07, 6.45) is 1.60. The number of nitrogens with zero attached hydrogens (tertiary/aromatic N) is 1. The lowest BCUT2D eigenvalue weighted by Gasteiger charge is -2.03. The van der Waals surface area contributed by atoms with Crippen LogP contribution >= 0.6 is 0 Å². The van der Waals surface area contributed by atoms with Crippen molar-refractivity contribution in [3.05, 3.63) is 18.3 Å². The molecule has 0 saturated carbocycles. The Labute approximate surface area is 65.2 Å². The van der Waals surface area contributed by atoms with Crippen LogP contribution in [0.1, 0.15) is 0 Å². The Kier molecular flexibility index (Phi) is 2.68. The zero-order chi connectivity index (χ0) is 8.10. The van der Waals surface area contributed by atoms with Gasteiger partial charge in [0.05, 0.1) is 0 Å². The second-order valence-electron chi connectivity index (χ2n) is 2.05. The summed E-state index contributed by atoms with van der Waals surface area (Å²) >= 11 is 0. The molecular weight excluding hydrogens is 142 g/mol. The second kappa shape index (κ2) is 3.78. The van der Waals surface area contributed by atoms with Gasteiger partial charge in [0, 0.05) is 18.8 Å². The summed E-state index contributed by atoms with van der Waals surface area (Å²) < 4.78 is 5.19. The lowest BCUT2D eigenvalue weighted by atomic mass is 10.4. The van der Waals surface area contributed by atoms with Gasteiger partial charge in [0.25, 0.3) is 0 Å². The van der Waals surface area contributed by atoms with Gasteiger partial charge in [-0.1, -0.05) is 0 Å². The van der Waals surface area contributed by atoms with Gasteiger partial charge in [-0.2, -0.15) is 0 Å². The van der Waals surface area contributed by atoms with Crippen molar-refractivity contribution in [2.75, 3.05) is 18.9 Å². The predicted octanol–water partition coefficient (Wildman–Crippen LogP) is 0.00130. The molecule has 4 heteroatoms. The summed E-state index contributed by atoms with van der Waals surface area (Å²) in [4.78, 5) is 3.81. The van der Waals surface area contributed by atoms with E-state index in [1.54, 1.807) is 18.3 Å². The fraction of sp³-hybridized carbons (Fsp3) is 0.286. The molecule has 0 amide bonds. The highest BCUT2D eigenvalue weighted by Crippen LogP contribution is 2.10. The lowest BCUT2D eigenvalue weighted by molar-refractivity contribution is 0.328. The first-order valence-electron chi connectivity index (χ1n) is 3.37. The molecule has 0 aromatic carbocycles. The smallest absolute Gasteiger partial charge is 0.126 e. The summed E-state index contributed by atoms with van der Waals surface area (Å²) in [5.74, 6) is 1.17. The van der Waals surface area contributed by atoms with E-state index in [1.165, 1.54) is 0 Å². The minimum absolute atomic E-state index is 0.458. The number of pyridine rings is 1. The van der Waals surface area contributed by atoms with E-state index in [0.717, 1.165) is 0 Å². The van der Waals surface area contributed by atoms with E-state index in [1.807, 2.05) is 0 Å². The zero-order valence-corrected chi connectivity index (χ0v) is 6.16. The summed E-state index contributed by atoms with van der Waals surface area (Å²) in [7, 11) is 0. The van der Waals surface area contributed by atoms with E-state index in [4.69, 9.17) is 16.2 Å². The van der Waals surface area contributed by atoms with Crippen LogP contribution in [0.3, 0.4) is 0 Å². The largest absolute Gasteiger partial charge is 0.492 e. The summed E-state index contributed by atoms with van der Waals surface area (Å²) in [5.41, 5.74) is 10.7. The standard InChI is InChI=1S/C7H11N3O/c8-2-4-11-6-1-3-10-7(9)5-6/h1,3,5H,2,4,8H2,(H2,9,10). The van der Waals surface area contributed by atoms with Crippen molar-refractivity contribution in [1.82, 2.24) is 4.98 Å². The third kappa shape index (κ3) is 2.43. The van der Waals surface area contributed by atoms with Crippen LogP contribution in [-0.4, -0.2) is 18.1 Å². The van der Waals surface area contributed by atoms with E-state index in [2.05, 4.69) is 4.98 Å². The maximum atomic E-state index is 5.41. The van der Waals surface area contributed by atoms with Crippen LogP contribution in [0.2, 0.25) is 0 Å². The van der Waals surface area contributed by atoms with Crippen LogP contribution < -0.4 is 16.2 Å². The van der Waals surface area contributed by atoms with Gasteiger partial charge in [0.15, 0.2) is 0 Å². The summed E-state index contributed by atoms with van der Waals surface area (Å²) in [5, 5.41) is 0. The molecular formula is C7H11N3O. The van der Waals surface area contributed by atoms with Gasteiger partial charge >= 0.3 is 0 Å². The molecule has 1 rings (SSSR count). The monoisotopic (exact) mass is 153 g/mol. The normalized spacial score (nSPS) is 9.55. The summed E-state index contributed by atoms with van der Waals surface area (Å²) in [6, 6.07) is 3.40. The minimum Gasteiger partial charge on any atom is -0.492 e. The fourth-order valence-electron chi connectivity index (χ4n) is 0.694. The van der Waals surface area contributed by atoms with E-state index in [0.29, 0.717) is 24.7 Å². The molecule has 0 aliphatic heterocycles. The third-order valence-electron chi connectivity index (χ3n) is 1.14. The molecule has 1 heterocycles. The van der Waals surface area contributed by atoms with Crippen LogP contribution in [0.4, 0.5) is 5.82 Å². The average Bonchev–Trinajstić information content (AvgIpc) is 2.01. The Bertz CT molecular complexity index is 227. The maximum absolute atomic E-state index is 5.41. The predicted molar refractivity (Wildman–Crippen MR) is 43.2 cm³/mol. The van der Waals surface area contributed by atoms with Crippen LogP contribution in [0.25, 0.3) is 0 Å². The van der Waals surface area contributed by atoms with Crippen molar-refractivity contribution in [2.45, 2.75) is 0 Å².